The molecule has 0 aliphatic carbocycles. The number of thioether (sulfide) groups is 1. The number of fused-ring (bicyclic) bond motifs is 1. The van der Waals surface area contributed by atoms with Crippen LogP contribution in [0.3, 0.4) is 0 Å². The molecule has 4 atom stereocenters. The van der Waals surface area contributed by atoms with Gasteiger partial charge in [-0.2, -0.15) is 0 Å². The number of imidazole rings is 1. The van der Waals surface area contributed by atoms with Gasteiger partial charge in [-0.05, 0) is 6.92 Å². The fraction of sp³-hybridized carbons (Fsp3) is 0.706. The lowest BCUT2D eigenvalue weighted by Crippen LogP contribution is -2.35. The van der Waals surface area contributed by atoms with Gasteiger partial charge in [0, 0.05) is 19.5 Å². The van der Waals surface area contributed by atoms with Crippen LogP contribution in [0.5, 0.6) is 0 Å². The molecule has 0 amide bonds. The molecule has 29 heavy (non-hydrogen) atoms. The van der Waals surface area contributed by atoms with Crippen molar-refractivity contribution in [1.29, 1.82) is 0 Å². The first-order valence-corrected chi connectivity index (χ1v) is 10.3. The summed E-state index contributed by atoms with van der Waals surface area (Å²) in [6.07, 6.45) is -1.83. The summed E-state index contributed by atoms with van der Waals surface area (Å²) in [5, 5.41) is 20.7. The van der Waals surface area contributed by atoms with Crippen molar-refractivity contribution in [2.75, 3.05) is 51.6 Å². The Hall–Kier alpha value is -1.54. The molecule has 0 spiro atoms. The van der Waals surface area contributed by atoms with E-state index < -0.39 is 24.5 Å². The first kappa shape index (κ1) is 22.2. The van der Waals surface area contributed by atoms with Crippen molar-refractivity contribution in [1.82, 2.24) is 19.5 Å². The molecule has 1 aliphatic heterocycles. The van der Waals surface area contributed by atoms with E-state index in [1.165, 1.54) is 18.1 Å². The summed E-state index contributed by atoms with van der Waals surface area (Å²) in [4.78, 5) is 12.9. The third-order valence-corrected chi connectivity index (χ3v) is 5.39. The highest BCUT2D eigenvalue weighted by atomic mass is 32.2. The average Bonchev–Trinajstić information content (AvgIpc) is 3.23. The van der Waals surface area contributed by atoms with Crippen LogP contribution in [0, 0.1) is 0 Å². The Kier molecular flexibility index (Phi) is 8.00. The van der Waals surface area contributed by atoms with Gasteiger partial charge in [0.1, 0.15) is 24.6 Å². The molecule has 2 aromatic heterocycles. The van der Waals surface area contributed by atoms with Crippen molar-refractivity contribution < 1.29 is 29.2 Å². The fourth-order valence-electron chi connectivity index (χ4n) is 3.12. The number of hydrogen-bond donors (Lipinski definition) is 3. The lowest BCUT2D eigenvalue weighted by atomic mass is 10.1. The van der Waals surface area contributed by atoms with Gasteiger partial charge in [0.25, 0.3) is 0 Å². The highest BCUT2D eigenvalue weighted by Crippen LogP contribution is 2.37. The smallest absolute Gasteiger partial charge is 0.172 e. The van der Waals surface area contributed by atoms with Gasteiger partial charge in [0.05, 0.1) is 26.4 Å². The van der Waals surface area contributed by atoms with Crippen LogP contribution in [0.4, 0.5) is 5.82 Å². The number of anilines is 1. The van der Waals surface area contributed by atoms with Crippen LogP contribution in [0.2, 0.25) is 0 Å². The molecular weight excluding hydrogens is 402 g/mol. The number of hydrogen-bond acceptors (Lipinski definition) is 11. The van der Waals surface area contributed by atoms with Crippen LogP contribution in [0.25, 0.3) is 11.2 Å². The molecule has 1 saturated heterocycles. The average molecular weight is 429 g/mol. The van der Waals surface area contributed by atoms with Gasteiger partial charge in [-0.15, -0.1) is 0 Å². The van der Waals surface area contributed by atoms with Crippen LogP contribution in [0.1, 0.15) is 13.2 Å². The van der Waals surface area contributed by atoms with Gasteiger partial charge in [0.2, 0.25) is 0 Å². The molecule has 0 bridgehead atoms. The van der Waals surface area contributed by atoms with E-state index in [1.807, 2.05) is 6.92 Å². The number of nitrogens with zero attached hydrogens (tertiary/aromatic N) is 4. The summed E-state index contributed by atoms with van der Waals surface area (Å²) in [6, 6.07) is 0. The second-order valence-electron chi connectivity index (χ2n) is 6.31. The Labute approximate surface area is 172 Å². The normalized spacial score (nSPS) is 24.6. The zero-order valence-corrected chi connectivity index (χ0v) is 17.2. The Balaban J connectivity index is 1.89. The Morgan fingerprint density at radius 3 is 2.86 bits per heavy atom. The summed E-state index contributed by atoms with van der Waals surface area (Å²) in [6.45, 7) is 3.41. The molecular formula is C17H27N5O6S. The van der Waals surface area contributed by atoms with Crippen molar-refractivity contribution in [3.8, 4) is 0 Å². The molecule has 3 heterocycles. The number of nitrogen functional groups attached to an aromatic ring is 1. The summed E-state index contributed by atoms with van der Waals surface area (Å²) >= 11 is 1.44. The van der Waals surface area contributed by atoms with E-state index in [1.54, 1.807) is 11.7 Å². The summed E-state index contributed by atoms with van der Waals surface area (Å²) in [7, 11) is 1.62. The molecule has 2 aromatic rings. The van der Waals surface area contributed by atoms with Crippen LogP contribution in [-0.4, -0.2) is 93.9 Å². The molecule has 12 heteroatoms. The lowest BCUT2D eigenvalue weighted by Gasteiger charge is -2.22. The van der Waals surface area contributed by atoms with Gasteiger partial charge < -0.3 is 34.9 Å². The maximum atomic E-state index is 10.5. The molecule has 1 fully saturated rings. The number of ether oxygens (including phenoxy) is 4. The minimum absolute atomic E-state index is 0.247. The third-order valence-electron chi connectivity index (χ3n) is 4.47. The standard InChI is InChI=1S/C17H27N5O6S/c1-3-27-13-12(24)10(8-23)28-16(13)22-15-11(14(18)19-9-20-15)21-17(22)29-7-6-26-5-4-25-2/h9-10,12-13,16,23-24H,3-8H2,1-2H3,(H2,18,19,20)/t10-,12-,13-,16-/m1/s1. The Morgan fingerprint density at radius 1 is 1.31 bits per heavy atom. The Morgan fingerprint density at radius 2 is 2.14 bits per heavy atom. The minimum Gasteiger partial charge on any atom is -0.394 e. The van der Waals surface area contributed by atoms with E-state index >= 15 is 0 Å². The van der Waals surface area contributed by atoms with Crippen molar-refractivity contribution in [2.45, 2.75) is 36.6 Å². The Bertz CT molecular complexity index is 793. The van der Waals surface area contributed by atoms with E-state index in [4.69, 9.17) is 24.7 Å². The van der Waals surface area contributed by atoms with E-state index in [-0.39, 0.29) is 12.4 Å². The van der Waals surface area contributed by atoms with E-state index in [9.17, 15) is 10.2 Å². The van der Waals surface area contributed by atoms with Gasteiger partial charge in [-0.3, -0.25) is 4.57 Å². The first-order valence-electron chi connectivity index (χ1n) is 9.36. The number of aromatic nitrogens is 4. The predicted molar refractivity (Wildman–Crippen MR) is 106 cm³/mol. The van der Waals surface area contributed by atoms with E-state index in [0.717, 1.165) is 0 Å². The molecule has 0 aromatic carbocycles. The van der Waals surface area contributed by atoms with Crippen molar-refractivity contribution in [3.05, 3.63) is 6.33 Å². The monoisotopic (exact) mass is 429 g/mol. The lowest BCUT2D eigenvalue weighted by molar-refractivity contribution is -0.0715. The highest BCUT2D eigenvalue weighted by Gasteiger charge is 2.46. The SMILES string of the molecule is CCO[C@@H]1[C@H](O)[C@@H](CO)O[C@H]1n1c(SCCOCCOC)nc2c(N)ncnc21. The first-order chi connectivity index (χ1) is 14.1. The van der Waals surface area contributed by atoms with Gasteiger partial charge in [0.15, 0.2) is 28.4 Å². The second kappa shape index (κ2) is 10.5. The van der Waals surface area contributed by atoms with Crippen molar-refractivity contribution in [2.24, 2.45) is 0 Å². The highest BCUT2D eigenvalue weighted by molar-refractivity contribution is 7.99. The van der Waals surface area contributed by atoms with Crippen molar-refractivity contribution in [3.63, 3.8) is 0 Å². The number of nitrogens with two attached hydrogens (primary N) is 1. The summed E-state index contributed by atoms with van der Waals surface area (Å²) < 4.78 is 23.9. The largest absolute Gasteiger partial charge is 0.394 e. The van der Waals surface area contributed by atoms with Gasteiger partial charge >= 0.3 is 0 Å². The zero-order valence-electron chi connectivity index (χ0n) is 16.4. The topological polar surface area (TPSA) is 147 Å². The maximum absolute atomic E-state index is 10.5. The van der Waals surface area contributed by atoms with Crippen LogP contribution >= 0.6 is 11.8 Å². The molecule has 1 aliphatic rings. The molecule has 4 N–H and O–H groups in total. The van der Waals surface area contributed by atoms with Crippen LogP contribution in [-0.2, 0) is 18.9 Å². The van der Waals surface area contributed by atoms with Crippen LogP contribution in [0.15, 0.2) is 11.5 Å². The quantitative estimate of drug-likeness (QED) is 0.323. The third kappa shape index (κ3) is 4.79. The maximum Gasteiger partial charge on any atom is 0.172 e. The van der Waals surface area contributed by atoms with Crippen molar-refractivity contribution >= 4 is 28.7 Å². The molecule has 3 rings (SSSR count). The zero-order chi connectivity index (χ0) is 20.8. The number of rotatable bonds is 11. The fourth-order valence-corrected chi connectivity index (χ4v) is 3.99. The molecule has 162 valence electrons. The predicted octanol–water partition coefficient (Wildman–Crippen LogP) is -0.181. The van der Waals surface area contributed by atoms with Crippen LogP contribution < -0.4 is 5.73 Å². The number of aliphatic hydroxyl groups is 2. The second-order valence-corrected chi connectivity index (χ2v) is 7.37. The van der Waals surface area contributed by atoms with E-state index in [0.29, 0.717) is 48.5 Å². The van der Waals surface area contributed by atoms with E-state index in [2.05, 4.69) is 15.0 Å². The number of methoxy groups -OCH3 is 1. The minimum atomic E-state index is -0.989. The summed E-state index contributed by atoms with van der Waals surface area (Å²) in [5.74, 6) is 0.871. The number of aliphatic hydroxyl groups excluding tert-OH is 2. The molecule has 11 nitrogen and oxygen atoms in total. The summed E-state index contributed by atoms with van der Waals surface area (Å²) in [5.41, 5.74) is 6.90. The van der Waals surface area contributed by atoms with Gasteiger partial charge in [-0.1, -0.05) is 11.8 Å². The van der Waals surface area contributed by atoms with Gasteiger partial charge in [-0.25, -0.2) is 15.0 Å². The molecule has 0 radical (unpaired) electrons. The molecule has 0 saturated carbocycles. The molecule has 0 unspecified atom stereocenters.